The lowest BCUT2D eigenvalue weighted by atomic mass is 9.88. The molecule has 6 nitrogen and oxygen atoms in total. The third-order valence-electron chi connectivity index (χ3n) is 4.39. The molecule has 25 heavy (non-hydrogen) atoms. The molecule has 0 spiro atoms. The van der Waals surface area contributed by atoms with Crippen molar-refractivity contribution in [1.29, 1.82) is 0 Å². The van der Waals surface area contributed by atoms with Crippen LogP contribution in [-0.2, 0) is 13.0 Å². The van der Waals surface area contributed by atoms with Gasteiger partial charge in [-0.1, -0.05) is 17.7 Å². The van der Waals surface area contributed by atoms with Gasteiger partial charge < -0.3 is 15.5 Å². The minimum absolute atomic E-state index is 0.00811. The number of aryl methyl sites for hydroxylation is 1. The van der Waals surface area contributed by atoms with E-state index in [9.17, 15) is 4.79 Å². The number of carbonyl (C=O) groups is 1. The van der Waals surface area contributed by atoms with Gasteiger partial charge in [0.1, 0.15) is 0 Å². The molecule has 134 valence electrons. The third-order valence-corrected chi connectivity index (χ3v) is 4.63. The smallest absolute Gasteiger partial charge is 0.319 e. The molecule has 1 aliphatic carbocycles. The molecular formula is C18H24ClN5O. The maximum absolute atomic E-state index is 12.4. The number of urea groups is 1. The number of benzene rings is 1. The molecule has 0 fully saturated rings. The summed E-state index contributed by atoms with van der Waals surface area (Å²) in [6.07, 6.45) is 6.52. The molecule has 0 saturated heterocycles. The van der Waals surface area contributed by atoms with Gasteiger partial charge in [0.2, 0.25) is 0 Å². The Morgan fingerprint density at radius 2 is 2.28 bits per heavy atom. The van der Waals surface area contributed by atoms with Crippen molar-refractivity contribution in [2.24, 2.45) is 0 Å². The minimum Gasteiger partial charge on any atom is -0.331 e. The van der Waals surface area contributed by atoms with Crippen molar-refractivity contribution in [3.63, 3.8) is 0 Å². The van der Waals surface area contributed by atoms with Crippen LogP contribution in [0, 0.1) is 0 Å². The van der Waals surface area contributed by atoms with Crippen LogP contribution in [0.3, 0.4) is 0 Å². The summed E-state index contributed by atoms with van der Waals surface area (Å²) in [5, 5.41) is 10.9. The number of fused-ring (bicyclic) bond motifs is 1. The highest BCUT2D eigenvalue weighted by Gasteiger charge is 2.22. The average molecular weight is 362 g/mol. The second-order valence-electron chi connectivity index (χ2n) is 6.68. The van der Waals surface area contributed by atoms with E-state index in [0.717, 1.165) is 37.9 Å². The van der Waals surface area contributed by atoms with Crippen LogP contribution in [0.5, 0.6) is 0 Å². The molecule has 2 amide bonds. The summed E-state index contributed by atoms with van der Waals surface area (Å²) < 4.78 is 1.82. The standard InChI is InChI=1S/C18H24ClN5O/c1-23(2)8-9-24-12-15(11-20-24)21-18(25)22-17-5-3-4-13-6-7-14(19)10-16(13)17/h6-7,10-12,17H,3-5,8-9H2,1-2H3,(H2,21,22,25)/t17-/m1/s1. The Morgan fingerprint density at radius 3 is 3.08 bits per heavy atom. The van der Waals surface area contributed by atoms with Crippen molar-refractivity contribution in [2.75, 3.05) is 26.0 Å². The highest BCUT2D eigenvalue weighted by Crippen LogP contribution is 2.31. The SMILES string of the molecule is CN(C)CCn1cc(NC(=O)N[C@@H]2CCCc3ccc(Cl)cc32)cn1. The fourth-order valence-corrected chi connectivity index (χ4v) is 3.28. The van der Waals surface area contributed by atoms with E-state index in [1.54, 1.807) is 6.20 Å². The lowest BCUT2D eigenvalue weighted by molar-refractivity contribution is 0.247. The third kappa shape index (κ3) is 4.74. The average Bonchev–Trinajstić information content (AvgIpc) is 3.01. The number of halogens is 1. The lowest BCUT2D eigenvalue weighted by Gasteiger charge is -2.26. The number of nitrogens with zero attached hydrogens (tertiary/aromatic N) is 3. The Balaban J connectivity index is 1.59. The van der Waals surface area contributed by atoms with Crippen LogP contribution in [0.15, 0.2) is 30.6 Å². The maximum atomic E-state index is 12.4. The second kappa shape index (κ2) is 7.89. The van der Waals surface area contributed by atoms with E-state index in [0.29, 0.717) is 10.7 Å². The van der Waals surface area contributed by atoms with Gasteiger partial charge in [-0.3, -0.25) is 4.68 Å². The number of carbonyl (C=O) groups excluding carboxylic acids is 1. The van der Waals surface area contributed by atoms with E-state index >= 15 is 0 Å². The number of rotatable bonds is 5. The number of hydrogen-bond acceptors (Lipinski definition) is 3. The highest BCUT2D eigenvalue weighted by atomic mass is 35.5. The molecule has 0 aliphatic heterocycles. The first-order chi connectivity index (χ1) is 12.0. The van der Waals surface area contributed by atoms with E-state index in [-0.39, 0.29) is 12.1 Å². The van der Waals surface area contributed by atoms with Gasteiger partial charge in [0.15, 0.2) is 0 Å². The molecule has 1 heterocycles. The van der Waals surface area contributed by atoms with E-state index in [1.165, 1.54) is 5.56 Å². The fraction of sp³-hybridized carbons (Fsp3) is 0.444. The van der Waals surface area contributed by atoms with Crippen LogP contribution in [0.1, 0.15) is 30.0 Å². The number of likely N-dealkylation sites (N-methyl/N-ethyl adjacent to an activating group) is 1. The molecule has 1 aliphatic rings. The first-order valence-electron chi connectivity index (χ1n) is 8.54. The van der Waals surface area contributed by atoms with E-state index in [2.05, 4.69) is 26.7 Å². The van der Waals surface area contributed by atoms with Gasteiger partial charge in [0.05, 0.1) is 24.5 Å². The quantitative estimate of drug-likeness (QED) is 0.858. The first kappa shape index (κ1) is 17.8. The van der Waals surface area contributed by atoms with Gasteiger partial charge in [-0.05, 0) is 56.6 Å². The maximum Gasteiger partial charge on any atom is 0.319 e. The molecule has 1 aromatic carbocycles. The molecule has 2 aromatic rings. The summed E-state index contributed by atoms with van der Waals surface area (Å²) in [5.41, 5.74) is 3.08. The van der Waals surface area contributed by atoms with Gasteiger partial charge in [-0.2, -0.15) is 5.10 Å². The number of nitrogens with one attached hydrogen (secondary N) is 2. The zero-order valence-electron chi connectivity index (χ0n) is 14.6. The molecule has 0 radical (unpaired) electrons. The van der Waals surface area contributed by atoms with Gasteiger partial charge >= 0.3 is 6.03 Å². The first-order valence-corrected chi connectivity index (χ1v) is 8.92. The summed E-state index contributed by atoms with van der Waals surface area (Å²) in [5.74, 6) is 0. The largest absolute Gasteiger partial charge is 0.331 e. The molecule has 2 N–H and O–H groups in total. The molecule has 0 unspecified atom stereocenters. The van der Waals surface area contributed by atoms with E-state index in [4.69, 9.17) is 11.6 Å². The zero-order chi connectivity index (χ0) is 17.8. The van der Waals surface area contributed by atoms with Gasteiger partial charge in [0.25, 0.3) is 0 Å². The molecule has 1 atom stereocenters. The Kier molecular flexibility index (Phi) is 5.60. The molecule has 7 heteroatoms. The Labute approximate surface area is 153 Å². The van der Waals surface area contributed by atoms with Crippen LogP contribution < -0.4 is 10.6 Å². The molecule has 0 bridgehead atoms. The van der Waals surface area contributed by atoms with Crippen LogP contribution in [0.25, 0.3) is 0 Å². The number of aromatic nitrogens is 2. The van der Waals surface area contributed by atoms with Crippen LogP contribution in [0.4, 0.5) is 10.5 Å². The summed E-state index contributed by atoms with van der Waals surface area (Å²) in [7, 11) is 4.04. The predicted molar refractivity (Wildman–Crippen MR) is 100 cm³/mol. The van der Waals surface area contributed by atoms with Crippen molar-refractivity contribution >= 4 is 23.3 Å². The van der Waals surface area contributed by atoms with Crippen molar-refractivity contribution in [1.82, 2.24) is 20.0 Å². The summed E-state index contributed by atoms with van der Waals surface area (Å²) in [4.78, 5) is 14.4. The lowest BCUT2D eigenvalue weighted by Crippen LogP contribution is -2.34. The Hall–Kier alpha value is -2.05. The van der Waals surface area contributed by atoms with Crippen molar-refractivity contribution in [3.05, 3.63) is 46.7 Å². The van der Waals surface area contributed by atoms with Crippen LogP contribution in [-0.4, -0.2) is 41.4 Å². The van der Waals surface area contributed by atoms with Gasteiger partial charge in [-0.15, -0.1) is 0 Å². The van der Waals surface area contributed by atoms with Gasteiger partial charge in [-0.25, -0.2) is 4.79 Å². The van der Waals surface area contributed by atoms with E-state index in [1.807, 2.05) is 37.1 Å². The fourth-order valence-electron chi connectivity index (χ4n) is 3.10. The number of anilines is 1. The minimum atomic E-state index is -0.218. The topological polar surface area (TPSA) is 62.2 Å². The molecular weight excluding hydrogens is 338 g/mol. The highest BCUT2D eigenvalue weighted by molar-refractivity contribution is 6.30. The predicted octanol–water partition coefficient (Wildman–Crippen LogP) is 3.30. The summed E-state index contributed by atoms with van der Waals surface area (Å²) in [6, 6.07) is 5.69. The van der Waals surface area contributed by atoms with Crippen molar-refractivity contribution in [3.8, 4) is 0 Å². The monoisotopic (exact) mass is 361 g/mol. The molecule has 3 rings (SSSR count). The van der Waals surface area contributed by atoms with Crippen molar-refractivity contribution < 1.29 is 4.79 Å². The van der Waals surface area contributed by atoms with E-state index < -0.39 is 0 Å². The van der Waals surface area contributed by atoms with Crippen LogP contribution >= 0.6 is 11.6 Å². The van der Waals surface area contributed by atoms with Gasteiger partial charge in [0, 0.05) is 17.8 Å². The van der Waals surface area contributed by atoms with Crippen LogP contribution in [0.2, 0.25) is 5.02 Å². The zero-order valence-corrected chi connectivity index (χ0v) is 15.4. The van der Waals surface area contributed by atoms with Crippen molar-refractivity contribution in [2.45, 2.75) is 31.8 Å². The summed E-state index contributed by atoms with van der Waals surface area (Å²) in [6.45, 7) is 1.68. The summed E-state index contributed by atoms with van der Waals surface area (Å²) >= 11 is 6.12. The molecule has 0 saturated carbocycles. The molecule has 1 aromatic heterocycles. The number of hydrogen-bond donors (Lipinski definition) is 2. The Morgan fingerprint density at radius 1 is 1.44 bits per heavy atom. The normalized spacial score (nSPS) is 16.6. The number of amides is 2. The second-order valence-corrected chi connectivity index (χ2v) is 7.12. The Bertz CT molecular complexity index is 743.